The molecule has 0 aliphatic rings. The number of halogens is 2. The van der Waals surface area contributed by atoms with Crippen LogP contribution in [0.1, 0.15) is 56.8 Å². The third-order valence-corrected chi connectivity index (χ3v) is 6.53. The Labute approximate surface area is 207 Å². The van der Waals surface area contributed by atoms with Gasteiger partial charge in [0.1, 0.15) is 0 Å². The molecule has 0 amide bonds. The van der Waals surface area contributed by atoms with Crippen LogP contribution in [0.4, 0.5) is 0 Å². The Morgan fingerprint density at radius 2 is 1.94 bits per heavy atom. The van der Waals surface area contributed by atoms with E-state index in [4.69, 9.17) is 32.8 Å². The van der Waals surface area contributed by atoms with Gasteiger partial charge in [0.15, 0.2) is 11.5 Å². The van der Waals surface area contributed by atoms with E-state index in [9.17, 15) is 0 Å². The van der Waals surface area contributed by atoms with Crippen LogP contribution in [0.25, 0.3) is 27.8 Å². The molecular formula is C25H24Cl2N4OS. The van der Waals surface area contributed by atoms with Crippen LogP contribution in [-0.4, -0.2) is 19.9 Å². The summed E-state index contributed by atoms with van der Waals surface area (Å²) in [5, 5.41) is 10.1. The highest BCUT2D eigenvalue weighted by molar-refractivity contribution is 7.16. The number of rotatable bonds is 4. The van der Waals surface area contributed by atoms with E-state index in [-0.39, 0.29) is 5.41 Å². The lowest BCUT2D eigenvalue weighted by atomic mass is 9.96. The van der Waals surface area contributed by atoms with Gasteiger partial charge in [0.2, 0.25) is 0 Å². The van der Waals surface area contributed by atoms with Gasteiger partial charge in [-0.1, -0.05) is 67.9 Å². The molecule has 0 radical (unpaired) electrons. The maximum absolute atomic E-state index is 6.57. The summed E-state index contributed by atoms with van der Waals surface area (Å²) in [4.78, 5) is 6.64. The summed E-state index contributed by atoms with van der Waals surface area (Å²) in [6.07, 6.45) is 1.91. The van der Waals surface area contributed by atoms with Gasteiger partial charge in [-0.2, -0.15) is 10.1 Å². The first-order chi connectivity index (χ1) is 15.7. The minimum absolute atomic E-state index is 0.236. The number of aromatic nitrogens is 4. The highest BCUT2D eigenvalue weighted by atomic mass is 35.5. The van der Waals surface area contributed by atoms with E-state index < -0.39 is 0 Å². The number of nitrogens with zero attached hydrogens (tertiary/aromatic N) is 4. The molecule has 0 spiro atoms. The van der Waals surface area contributed by atoms with Crippen molar-refractivity contribution in [2.45, 2.75) is 52.9 Å². The lowest BCUT2D eigenvalue weighted by Gasteiger charge is -2.10. The molecule has 5 nitrogen and oxygen atoms in total. The molecule has 33 heavy (non-hydrogen) atoms. The monoisotopic (exact) mass is 498 g/mol. The summed E-state index contributed by atoms with van der Waals surface area (Å²) in [5.74, 6) is 7.46. The molecule has 8 heteroatoms. The van der Waals surface area contributed by atoms with E-state index in [1.807, 2.05) is 44.5 Å². The van der Waals surface area contributed by atoms with E-state index in [2.05, 4.69) is 35.0 Å². The van der Waals surface area contributed by atoms with Gasteiger partial charge >= 0.3 is 0 Å². The molecule has 0 saturated carbocycles. The first-order valence-corrected chi connectivity index (χ1v) is 12.2. The molecule has 3 heterocycles. The van der Waals surface area contributed by atoms with Crippen molar-refractivity contribution in [3.8, 4) is 39.7 Å². The average Bonchev–Trinajstić information content (AvgIpc) is 3.46. The van der Waals surface area contributed by atoms with Crippen LogP contribution in [0.5, 0.6) is 0 Å². The average molecular weight is 499 g/mol. The molecule has 4 rings (SSSR count). The maximum Gasteiger partial charge on any atom is 0.278 e. The minimum Gasteiger partial charge on any atom is -0.332 e. The fourth-order valence-electron chi connectivity index (χ4n) is 3.25. The number of thiophene rings is 1. The van der Waals surface area contributed by atoms with Crippen molar-refractivity contribution in [2.24, 2.45) is 0 Å². The molecule has 0 atom stereocenters. The number of unbranched alkanes of at least 4 members (excludes halogenated alkanes) is 1. The second-order valence-corrected chi connectivity index (χ2v) is 10.6. The van der Waals surface area contributed by atoms with Gasteiger partial charge in [-0.15, -0.1) is 11.3 Å². The first-order valence-electron chi connectivity index (χ1n) is 10.7. The molecule has 3 aromatic heterocycles. The topological polar surface area (TPSA) is 56.7 Å². The SMILES string of the molecule is CCCC#Cc1ccc(-c2c(C)c(-c3nc(C(C)(C)C)no3)nn2-c2ccc(Cl)cc2Cl)s1. The zero-order valence-electron chi connectivity index (χ0n) is 19.2. The predicted molar refractivity (Wildman–Crippen MR) is 135 cm³/mol. The van der Waals surface area contributed by atoms with E-state index in [1.54, 1.807) is 23.5 Å². The van der Waals surface area contributed by atoms with Crippen LogP contribution in [0, 0.1) is 18.8 Å². The van der Waals surface area contributed by atoms with Crippen LogP contribution in [0.15, 0.2) is 34.9 Å². The van der Waals surface area contributed by atoms with Crippen molar-refractivity contribution >= 4 is 34.5 Å². The summed E-state index contributed by atoms with van der Waals surface area (Å²) in [5.41, 5.74) is 2.91. The largest absolute Gasteiger partial charge is 0.332 e. The van der Waals surface area contributed by atoms with E-state index in [0.29, 0.717) is 33.1 Å². The van der Waals surface area contributed by atoms with Crippen molar-refractivity contribution in [3.63, 3.8) is 0 Å². The minimum atomic E-state index is -0.236. The Balaban J connectivity index is 1.89. The van der Waals surface area contributed by atoms with Crippen LogP contribution >= 0.6 is 34.5 Å². The van der Waals surface area contributed by atoms with Gasteiger partial charge in [0.05, 0.1) is 26.2 Å². The van der Waals surface area contributed by atoms with Crippen molar-refractivity contribution in [1.82, 2.24) is 19.9 Å². The van der Waals surface area contributed by atoms with Crippen molar-refractivity contribution < 1.29 is 4.52 Å². The summed E-state index contributed by atoms with van der Waals surface area (Å²) in [7, 11) is 0. The van der Waals surface area contributed by atoms with Crippen molar-refractivity contribution in [3.05, 3.63) is 56.6 Å². The predicted octanol–water partition coefficient (Wildman–Crippen LogP) is 7.72. The third kappa shape index (κ3) is 4.86. The lowest BCUT2D eigenvalue weighted by molar-refractivity contribution is 0.401. The lowest BCUT2D eigenvalue weighted by Crippen LogP contribution is -2.13. The fourth-order valence-corrected chi connectivity index (χ4v) is 4.70. The Kier molecular flexibility index (Phi) is 6.67. The zero-order chi connectivity index (χ0) is 23.8. The van der Waals surface area contributed by atoms with E-state index >= 15 is 0 Å². The Hall–Kier alpha value is -2.59. The molecular weight excluding hydrogens is 475 g/mol. The van der Waals surface area contributed by atoms with Gasteiger partial charge in [0.25, 0.3) is 5.89 Å². The Bertz CT molecular complexity index is 1370. The van der Waals surface area contributed by atoms with Gasteiger partial charge in [-0.25, -0.2) is 4.68 Å². The molecule has 0 unspecified atom stereocenters. The quantitative estimate of drug-likeness (QED) is 0.270. The number of hydrogen-bond acceptors (Lipinski definition) is 5. The molecule has 0 aliphatic heterocycles. The van der Waals surface area contributed by atoms with Crippen LogP contribution in [-0.2, 0) is 5.41 Å². The number of benzene rings is 1. The van der Waals surface area contributed by atoms with Gasteiger partial charge in [-0.05, 0) is 43.7 Å². The molecule has 4 aromatic rings. The fraction of sp³-hybridized carbons (Fsp3) is 0.320. The van der Waals surface area contributed by atoms with Gasteiger partial charge in [-0.3, -0.25) is 0 Å². The second kappa shape index (κ2) is 9.34. The summed E-state index contributed by atoms with van der Waals surface area (Å²) in [6.45, 7) is 10.2. The highest BCUT2D eigenvalue weighted by Gasteiger charge is 2.27. The molecule has 170 valence electrons. The Morgan fingerprint density at radius 3 is 2.61 bits per heavy atom. The standard InChI is InChI=1S/C25H24Cl2N4OS/c1-6-7-8-9-17-11-13-20(33-17)22-15(2)21(23-28-24(30-32-23)25(3,4)5)29-31(22)19-12-10-16(26)14-18(19)27/h10-14H,6-7H2,1-5H3. The van der Waals surface area contributed by atoms with Gasteiger partial charge in [0, 0.05) is 22.4 Å². The van der Waals surface area contributed by atoms with Crippen LogP contribution in [0.3, 0.4) is 0 Å². The normalized spacial score (nSPS) is 11.5. The third-order valence-electron chi connectivity index (χ3n) is 4.99. The molecule has 0 fully saturated rings. The molecule has 0 N–H and O–H groups in total. The highest BCUT2D eigenvalue weighted by Crippen LogP contribution is 2.38. The summed E-state index contributed by atoms with van der Waals surface area (Å²) in [6, 6.07) is 9.45. The zero-order valence-corrected chi connectivity index (χ0v) is 21.5. The molecule has 0 bridgehead atoms. The molecule has 0 aliphatic carbocycles. The first kappa shape index (κ1) is 23.6. The van der Waals surface area contributed by atoms with E-state index in [1.165, 1.54) is 0 Å². The maximum atomic E-state index is 6.57. The van der Waals surface area contributed by atoms with Crippen LogP contribution in [0.2, 0.25) is 10.0 Å². The molecule has 1 aromatic carbocycles. The van der Waals surface area contributed by atoms with Crippen molar-refractivity contribution in [1.29, 1.82) is 0 Å². The smallest absolute Gasteiger partial charge is 0.278 e. The Morgan fingerprint density at radius 1 is 1.15 bits per heavy atom. The van der Waals surface area contributed by atoms with Crippen molar-refractivity contribution in [2.75, 3.05) is 0 Å². The second-order valence-electron chi connectivity index (χ2n) is 8.72. The summed E-state index contributed by atoms with van der Waals surface area (Å²) >= 11 is 14.3. The molecule has 0 saturated heterocycles. The summed E-state index contributed by atoms with van der Waals surface area (Å²) < 4.78 is 7.43. The number of hydrogen-bond donors (Lipinski definition) is 0. The van der Waals surface area contributed by atoms with Gasteiger partial charge < -0.3 is 4.52 Å². The van der Waals surface area contributed by atoms with E-state index in [0.717, 1.165) is 33.9 Å². The van der Waals surface area contributed by atoms with Crippen LogP contribution < -0.4 is 0 Å².